The maximum Gasteiger partial charge on any atom is 0.273 e. The number of aromatic nitrogens is 1. The predicted octanol–water partition coefficient (Wildman–Crippen LogP) is 1.44. The lowest BCUT2D eigenvalue weighted by molar-refractivity contribution is -0.0447. The van der Waals surface area contributed by atoms with Crippen LogP contribution >= 0.6 is 11.3 Å². The number of rotatable bonds is 2. The molecule has 3 rings (SSSR count). The molecule has 0 amide bonds. The Kier molecular flexibility index (Phi) is 1.99. The molecule has 2 heterocycles. The van der Waals surface area contributed by atoms with Gasteiger partial charge in [-0.15, -0.1) is 0 Å². The van der Waals surface area contributed by atoms with Crippen LogP contribution in [-0.2, 0) is 0 Å². The van der Waals surface area contributed by atoms with E-state index in [1.54, 1.807) is 11.3 Å². The normalized spacial score (nSPS) is 35.1. The van der Waals surface area contributed by atoms with E-state index in [1.807, 2.05) is 12.3 Å². The Hall–Kier alpha value is -0.610. The van der Waals surface area contributed by atoms with E-state index >= 15 is 0 Å². The molecule has 3 atom stereocenters. The van der Waals surface area contributed by atoms with Gasteiger partial charge in [-0.2, -0.15) is 0 Å². The zero-order chi connectivity index (χ0) is 9.54. The third kappa shape index (κ3) is 1.33. The van der Waals surface area contributed by atoms with Crippen molar-refractivity contribution in [3.05, 3.63) is 11.1 Å². The number of ether oxygens (including phenoxy) is 1. The van der Waals surface area contributed by atoms with Crippen LogP contribution in [0.15, 0.2) is 5.38 Å². The highest BCUT2D eigenvalue weighted by Gasteiger charge is 2.45. The molecule has 0 radical (unpaired) electrons. The van der Waals surface area contributed by atoms with E-state index in [0.29, 0.717) is 6.10 Å². The van der Waals surface area contributed by atoms with E-state index in [2.05, 4.69) is 10.3 Å². The van der Waals surface area contributed by atoms with Crippen molar-refractivity contribution in [2.75, 3.05) is 13.1 Å². The minimum Gasteiger partial charge on any atom is -0.466 e. The highest BCUT2D eigenvalue weighted by atomic mass is 32.1. The van der Waals surface area contributed by atoms with Gasteiger partial charge < -0.3 is 10.1 Å². The molecule has 3 nitrogen and oxygen atoms in total. The van der Waals surface area contributed by atoms with Crippen LogP contribution in [0.5, 0.6) is 5.19 Å². The summed E-state index contributed by atoms with van der Waals surface area (Å²) in [5, 5.41) is 6.30. The van der Waals surface area contributed by atoms with Crippen LogP contribution < -0.4 is 10.1 Å². The lowest BCUT2D eigenvalue weighted by Gasteiger charge is -2.48. The van der Waals surface area contributed by atoms with Gasteiger partial charge in [-0.1, -0.05) is 11.3 Å². The van der Waals surface area contributed by atoms with E-state index in [1.165, 1.54) is 6.42 Å². The molecular weight excluding hydrogens is 196 g/mol. The zero-order valence-electron chi connectivity index (χ0n) is 8.19. The SMILES string of the molecule is Cc1csc(OC2[C@@H]3CNC[C@H]2C3)n1. The van der Waals surface area contributed by atoms with Gasteiger partial charge in [0.1, 0.15) is 6.10 Å². The number of aryl methyl sites for hydroxylation is 1. The fourth-order valence-corrected chi connectivity index (χ4v) is 3.08. The van der Waals surface area contributed by atoms with Gasteiger partial charge in [-0.05, 0) is 13.3 Å². The number of piperidine rings is 2. The van der Waals surface area contributed by atoms with Crippen molar-refractivity contribution >= 4 is 11.3 Å². The molecule has 1 aromatic rings. The fourth-order valence-electron chi connectivity index (χ4n) is 2.39. The standard InChI is InChI=1S/C10H14N2OS/c1-6-5-14-10(12-6)13-9-7-2-8(9)4-11-3-7/h5,7-9,11H,2-4H2,1H3/t7-,8+,9?. The van der Waals surface area contributed by atoms with Gasteiger partial charge in [0.05, 0.1) is 5.69 Å². The summed E-state index contributed by atoms with van der Waals surface area (Å²) in [5.41, 5.74) is 1.06. The molecule has 14 heavy (non-hydrogen) atoms. The molecule has 1 saturated heterocycles. The Morgan fingerprint density at radius 2 is 2.29 bits per heavy atom. The molecule has 0 aromatic carbocycles. The highest BCUT2D eigenvalue weighted by molar-refractivity contribution is 7.11. The summed E-state index contributed by atoms with van der Waals surface area (Å²) >= 11 is 1.61. The Labute approximate surface area is 87.5 Å². The zero-order valence-corrected chi connectivity index (χ0v) is 9.01. The minimum absolute atomic E-state index is 0.432. The molecule has 1 aromatic heterocycles. The Balaban J connectivity index is 1.68. The molecule has 1 saturated carbocycles. The predicted molar refractivity (Wildman–Crippen MR) is 55.7 cm³/mol. The first-order valence-corrected chi connectivity index (χ1v) is 6.00. The van der Waals surface area contributed by atoms with Crippen LogP contribution in [-0.4, -0.2) is 24.2 Å². The second kappa shape index (κ2) is 3.21. The lowest BCUT2D eigenvalue weighted by atomic mass is 9.69. The second-order valence-corrected chi connectivity index (χ2v) is 5.07. The number of nitrogens with zero attached hydrogens (tertiary/aromatic N) is 1. The number of hydrogen-bond acceptors (Lipinski definition) is 4. The molecule has 1 N–H and O–H groups in total. The van der Waals surface area contributed by atoms with Gasteiger partial charge in [0.2, 0.25) is 0 Å². The molecule has 2 bridgehead atoms. The maximum absolute atomic E-state index is 5.91. The first-order valence-electron chi connectivity index (χ1n) is 5.12. The molecular formula is C10H14N2OS. The summed E-state index contributed by atoms with van der Waals surface area (Å²) in [7, 11) is 0. The highest BCUT2D eigenvalue weighted by Crippen LogP contribution is 2.39. The molecule has 0 spiro atoms. The largest absolute Gasteiger partial charge is 0.466 e. The Morgan fingerprint density at radius 1 is 1.50 bits per heavy atom. The topological polar surface area (TPSA) is 34.1 Å². The van der Waals surface area contributed by atoms with Crippen molar-refractivity contribution < 1.29 is 4.74 Å². The van der Waals surface area contributed by atoms with E-state index in [9.17, 15) is 0 Å². The van der Waals surface area contributed by atoms with Crippen molar-refractivity contribution in [1.82, 2.24) is 10.3 Å². The molecule has 2 fully saturated rings. The Bertz CT molecular complexity index is 325. The van der Waals surface area contributed by atoms with Crippen LogP contribution in [0.3, 0.4) is 0 Å². The number of hydrogen-bond donors (Lipinski definition) is 1. The van der Waals surface area contributed by atoms with Gasteiger partial charge in [0, 0.05) is 30.3 Å². The fraction of sp³-hybridized carbons (Fsp3) is 0.700. The van der Waals surface area contributed by atoms with Crippen LogP contribution in [0.1, 0.15) is 12.1 Å². The summed E-state index contributed by atoms with van der Waals surface area (Å²) in [6, 6.07) is 0. The molecule has 76 valence electrons. The first-order chi connectivity index (χ1) is 6.83. The van der Waals surface area contributed by atoms with E-state index in [-0.39, 0.29) is 0 Å². The number of thiazole rings is 1. The van der Waals surface area contributed by atoms with Gasteiger partial charge in [0.25, 0.3) is 5.19 Å². The third-order valence-corrected chi connectivity index (χ3v) is 4.03. The van der Waals surface area contributed by atoms with Crippen molar-refractivity contribution in [3.8, 4) is 5.19 Å². The van der Waals surface area contributed by atoms with Gasteiger partial charge in [-0.25, -0.2) is 4.98 Å². The quantitative estimate of drug-likeness (QED) is 0.802. The summed E-state index contributed by atoms with van der Waals surface area (Å²) in [5.74, 6) is 1.44. The average Bonchev–Trinajstić information content (AvgIpc) is 2.62. The van der Waals surface area contributed by atoms with E-state index < -0.39 is 0 Å². The van der Waals surface area contributed by atoms with E-state index in [0.717, 1.165) is 35.8 Å². The number of nitrogens with one attached hydrogen (secondary N) is 1. The molecule has 1 unspecified atom stereocenters. The monoisotopic (exact) mass is 210 g/mol. The maximum atomic E-state index is 5.91. The van der Waals surface area contributed by atoms with Crippen molar-refractivity contribution in [3.63, 3.8) is 0 Å². The Morgan fingerprint density at radius 3 is 2.86 bits per heavy atom. The van der Waals surface area contributed by atoms with Crippen LogP contribution in [0.25, 0.3) is 0 Å². The van der Waals surface area contributed by atoms with E-state index in [4.69, 9.17) is 4.74 Å². The summed E-state index contributed by atoms with van der Waals surface area (Å²) in [6.45, 7) is 4.24. The summed E-state index contributed by atoms with van der Waals surface area (Å²) in [4.78, 5) is 4.34. The van der Waals surface area contributed by atoms with Crippen molar-refractivity contribution in [2.24, 2.45) is 11.8 Å². The van der Waals surface area contributed by atoms with Crippen LogP contribution in [0.4, 0.5) is 0 Å². The van der Waals surface area contributed by atoms with Crippen molar-refractivity contribution in [1.29, 1.82) is 0 Å². The number of fused-ring (bicyclic) bond motifs is 2. The summed E-state index contributed by atoms with van der Waals surface area (Å²) in [6.07, 6.45) is 1.77. The summed E-state index contributed by atoms with van der Waals surface area (Å²) < 4.78 is 5.91. The lowest BCUT2D eigenvalue weighted by Crippen LogP contribution is -2.59. The van der Waals surface area contributed by atoms with Crippen molar-refractivity contribution in [2.45, 2.75) is 19.4 Å². The van der Waals surface area contributed by atoms with Gasteiger partial charge >= 0.3 is 0 Å². The smallest absolute Gasteiger partial charge is 0.273 e. The second-order valence-electron chi connectivity index (χ2n) is 4.25. The van der Waals surface area contributed by atoms with Crippen LogP contribution in [0, 0.1) is 18.8 Å². The molecule has 2 aliphatic rings. The van der Waals surface area contributed by atoms with Gasteiger partial charge in [-0.3, -0.25) is 0 Å². The molecule has 1 aliphatic carbocycles. The first kappa shape index (κ1) is 8.68. The van der Waals surface area contributed by atoms with Crippen LogP contribution in [0.2, 0.25) is 0 Å². The third-order valence-electron chi connectivity index (χ3n) is 3.18. The van der Waals surface area contributed by atoms with Gasteiger partial charge in [0.15, 0.2) is 0 Å². The average molecular weight is 210 g/mol. The minimum atomic E-state index is 0.432. The molecule has 1 aliphatic heterocycles. The molecule has 4 heteroatoms.